The number of halogens is 1. The zero-order chi connectivity index (χ0) is 13.4. The minimum Gasteiger partial charge on any atom is -0.397 e. The maximum absolute atomic E-state index is 13.1. The van der Waals surface area contributed by atoms with E-state index in [1.165, 1.54) is 23.5 Å². The number of hydrogen-bond donors (Lipinski definition) is 1. The number of nitrogen functional groups attached to an aromatic ring is 1. The van der Waals surface area contributed by atoms with Gasteiger partial charge in [0.1, 0.15) is 10.7 Å². The first-order valence-corrected chi connectivity index (χ1v) is 6.46. The minimum absolute atomic E-state index is 0.338. The standard InChI is InChI=1S/C13H10FN3OS/c1-7-6-19-11(10(7)15)13-16-12(17-18-13)8-3-2-4-9(14)5-8/h2-6H,15H2,1H3. The Morgan fingerprint density at radius 1 is 1.37 bits per heavy atom. The number of rotatable bonds is 2. The number of nitrogens with zero attached hydrogens (tertiary/aromatic N) is 2. The van der Waals surface area contributed by atoms with Crippen molar-refractivity contribution in [1.29, 1.82) is 0 Å². The summed E-state index contributed by atoms with van der Waals surface area (Å²) in [5.41, 5.74) is 8.12. The molecule has 0 amide bonds. The average molecular weight is 275 g/mol. The van der Waals surface area contributed by atoms with Crippen molar-refractivity contribution in [2.45, 2.75) is 6.92 Å². The van der Waals surface area contributed by atoms with Crippen LogP contribution >= 0.6 is 11.3 Å². The summed E-state index contributed by atoms with van der Waals surface area (Å²) >= 11 is 1.45. The highest BCUT2D eigenvalue weighted by Gasteiger charge is 2.16. The molecule has 0 aliphatic carbocycles. The molecule has 0 bridgehead atoms. The molecule has 0 spiro atoms. The fraction of sp³-hybridized carbons (Fsp3) is 0.0769. The second-order valence-electron chi connectivity index (χ2n) is 4.09. The number of aryl methyl sites for hydroxylation is 1. The summed E-state index contributed by atoms with van der Waals surface area (Å²) < 4.78 is 18.3. The maximum atomic E-state index is 13.1. The van der Waals surface area contributed by atoms with Gasteiger partial charge in [0, 0.05) is 5.56 Å². The summed E-state index contributed by atoms with van der Waals surface area (Å²) in [6.45, 7) is 1.92. The molecule has 1 aromatic carbocycles. The molecule has 0 atom stereocenters. The fourth-order valence-corrected chi connectivity index (χ4v) is 2.57. The zero-order valence-corrected chi connectivity index (χ0v) is 10.9. The quantitative estimate of drug-likeness (QED) is 0.777. The van der Waals surface area contributed by atoms with Gasteiger partial charge in [-0.1, -0.05) is 17.3 Å². The van der Waals surface area contributed by atoms with E-state index in [9.17, 15) is 4.39 Å². The first-order chi connectivity index (χ1) is 9.15. The highest BCUT2D eigenvalue weighted by atomic mass is 32.1. The molecule has 0 radical (unpaired) electrons. The van der Waals surface area contributed by atoms with Gasteiger partial charge in [-0.3, -0.25) is 0 Å². The molecule has 2 heterocycles. The van der Waals surface area contributed by atoms with E-state index in [0.29, 0.717) is 23.0 Å². The maximum Gasteiger partial charge on any atom is 0.270 e. The predicted octanol–water partition coefficient (Wildman–Crippen LogP) is 3.49. The number of aromatic nitrogens is 2. The molecule has 3 rings (SSSR count). The van der Waals surface area contributed by atoms with Crippen LogP contribution in [-0.4, -0.2) is 10.1 Å². The normalized spacial score (nSPS) is 10.8. The molecular weight excluding hydrogens is 265 g/mol. The van der Waals surface area contributed by atoms with Crippen molar-refractivity contribution in [2.75, 3.05) is 5.73 Å². The Bertz CT molecular complexity index is 735. The molecule has 0 saturated heterocycles. The summed E-state index contributed by atoms with van der Waals surface area (Å²) in [6.07, 6.45) is 0. The number of nitrogens with two attached hydrogens (primary N) is 1. The first-order valence-electron chi connectivity index (χ1n) is 5.59. The zero-order valence-electron chi connectivity index (χ0n) is 10.1. The lowest BCUT2D eigenvalue weighted by Crippen LogP contribution is -1.87. The van der Waals surface area contributed by atoms with Crippen molar-refractivity contribution in [1.82, 2.24) is 10.1 Å². The lowest BCUT2D eigenvalue weighted by molar-refractivity contribution is 0.433. The van der Waals surface area contributed by atoms with Crippen LogP contribution in [0.15, 0.2) is 34.2 Å². The third kappa shape index (κ3) is 2.10. The Balaban J connectivity index is 2.02. The summed E-state index contributed by atoms with van der Waals surface area (Å²) in [6, 6.07) is 6.05. The SMILES string of the molecule is Cc1csc(-c2nc(-c3cccc(F)c3)no2)c1N. The number of thiophene rings is 1. The fourth-order valence-electron chi connectivity index (χ4n) is 1.68. The van der Waals surface area contributed by atoms with Crippen LogP contribution in [0.25, 0.3) is 22.2 Å². The van der Waals surface area contributed by atoms with Crippen LogP contribution in [0, 0.1) is 12.7 Å². The summed E-state index contributed by atoms with van der Waals surface area (Å²) in [4.78, 5) is 5.00. The van der Waals surface area contributed by atoms with Crippen molar-refractivity contribution in [2.24, 2.45) is 0 Å². The van der Waals surface area contributed by atoms with Gasteiger partial charge in [0.2, 0.25) is 5.82 Å². The molecule has 0 fully saturated rings. The molecule has 2 N–H and O–H groups in total. The van der Waals surface area contributed by atoms with E-state index in [2.05, 4.69) is 10.1 Å². The van der Waals surface area contributed by atoms with Crippen molar-refractivity contribution in [3.63, 3.8) is 0 Å². The Kier molecular flexibility index (Phi) is 2.79. The van der Waals surface area contributed by atoms with Crippen molar-refractivity contribution < 1.29 is 8.91 Å². The predicted molar refractivity (Wildman–Crippen MR) is 72.2 cm³/mol. The lowest BCUT2D eigenvalue weighted by Gasteiger charge is -1.93. The van der Waals surface area contributed by atoms with E-state index in [1.54, 1.807) is 12.1 Å². The van der Waals surface area contributed by atoms with Gasteiger partial charge in [-0.2, -0.15) is 4.98 Å². The largest absolute Gasteiger partial charge is 0.397 e. The van der Waals surface area contributed by atoms with Gasteiger partial charge >= 0.3 is 0 Å². The Labute approximate surface area is 112 Å². The second kappa shape index (κ2) is 4.47. The molecule has 4 nitrogen and oxygen atoms in total. The van der Waals surface area contributed by atoms with Gasteiger partial charge in [-0.15, -0.1) is 11.3 Å². The average Bonchev–Trinajstić information content (AvgIpc) is 2.98. The molecular formula is C13H10FN3OS. The van der Waals surface area contributed by atoms with Crippen molar-refractivity contribution in [3.05, 3.63) is 41.0 Å². The van der Waals surface area contributed by atoms with Crippen LogP contribution in [0.2, 0.25) is 0 Å². The van der Waals surface area contributed by atoms with E-state index in [1.807, 2.05) is 12.3 Å². The molecule has 0 aliphatic rings. The molecule has 0 aliphatic heterocycles. The monoisotopic (exact) mass is 275 g/mol. The number of benzene rings is 1. The van der Waals surface area contributed by atoms with E-state index in [4.69, 9.17) is 10.3 Å². The van der Waals surface area contributed by atoms with Crippen LogP contribution in [-0.2, 0) is 0 Å². The van der Waals surface area contributed by atoms with Gasteiger partial charge in [-0.05, 0) is 30.0 Å². The molecule has 2 aromatic heterocycles. The van der Waals surface area contributed by atoms with Crippen LogP contribution in [0.1, 0.15) is 5.56 Å². The first kappa shape index (κ1) is 11.9. The van der Waals surface area contributed by atoms with E-state index in [0.717, 1.165) is 10.4 Å². The molecule has 0 unspecified atom stereocenters. The number of anilines is 1. The third-order valence-electron chi connectivity index (χ3n) is 2.73. The van der Waals surface area contributed by atoms with Gasteiger partial charge in [0.25, 0.3) is 5.89 Å². The molecule has 96 valence electrons. The van der Waals surface area contributed by atoms with Crippen molar-refractivity contribution >= 4 is 17.0 Å². The highest BCUT2D eigenvalue weighted by molar-refractivity contribution is 7.14. The van der Waals surface area contributed by atoms with Gasteiger partial charge in [-0.25, -0.2) is 4.39 Å². The number of hydrogen-bond acceptors (Lipinski definition) is 5. The van der Waals surface area contributed by atoms with Crippen LogP contribution in [0.3, 0.4) is 0 Å². The van der Waals surface area contributed by atoms with Gasteiger partial charge in [0.05, 0.1) is 5.69 Å². The topological polar surface area (TPSA) is 64.9 Å². The highest BCUT2D eigenvalue weighted by Crippen LogP contribution is 2.34. The molecule has 0 saturated carbocycles. The molecule has 19 heavy (non-hydrogen) atoms. The summed E-state index contributed by atoms with van der Waals surface area (Å²) in [5.74, 6) is 0.366. The van der Waals surface area contributed by atoms with Crippen LogP contribution in [0.4, 0.5) is 10.1 Å². The lowest BCUT2D eigenvalue weighted by atomic mass is 10.2. The summed E-state index contributed by atoms with van der Waals surface area (Å²) in [5, 5.41) is 5.78. The van der Waals surface area contributed by atoms with E-state index < -0.39 is 0 Å². The van der Waals surface area contributed by atoms with Crippen molar-refractivity contribution in [3.8, 4) is 22.2 Å². The smallest absolute Gasteiger partial charge is 0.270 e. The third-order valence-corrected chi connectivity index (χ3v) is 3.83. The van der Waals surface area contributed by atoms with E-state index >= 15 is 0 Å². The molecule has 6 heteroatoms. The second-order valence-corrected chi connectivity index (χ2v) is 4.97. The van der Waals surface area contributed by atoms with Crippen LogP contribution in [0.5, 0.6) is 0 Å². The van der Waals surface area contributed by atoms with Gasteiger partial charge < -0.3 is 10.3 Å². The van der Waals surface area contributed by atoms with Crippen LogP contribution < -0.4 is 5.73 Å². The van der Waals surface area contributed by atoms with Gasteiger partial charge in [0.15, 0.2) is 0 Å². The Hall–Kier alpha value is -2.21. The molecule has 3 aromatic rings. The van der Waals surface area contributed by atoms with E-state index in [-0.39, 0.29) is 5.82 Å². The summed E-state index contributed by atoms with van der Waals surface area (Å²) in [7, 11) is 0. The Morgan fingerprint density at radius 3 is 2.89 bits per heavy atom. The Morgan fingerprint density at radius 2 is 2.21 bits per heavy atom. The minimum atomic E-state index is -0.338.